The molecule has 134 valence electrons. The molecule has 0 N–H and O–H groups in total. The van der Waals surface area contributed by atoms with E-state index in [2.05, 4.69) is 22.6 Å². The SMILES string of the molecule is O=C1c2ccccc2C(=O)N1CN(C(=O)c1ccco1)c1ccccc1I. The number of carbonyl (C=O) groups is 3. The van der Waals surface area contributed by atoms with Gasteiger partial charge in [0.1, 0.15) is 6.67 Å². The minimum Gasteiger partial charge on any atom is -0.459 e. The Hall–Kier alpha value is -2.94. The number of furan rings is 1. The molecule has 0 spiro atoms. The number of hydrogen-bond acceptors (Lipinski definition) is 4. The maximum Gasteiger partial charge on any atom is 0.295 e. The van der Waals surface area contributed by atoms with Crippen LogP contribution in [0.25, 0.3) is 0 Å². The lowest BCUT2D eigenvalue weighted by molar-refractivity contribution is 0.0649. The topological polar surface area (TPSA) is 70.8 Å². The monoisotopic (exact) mass is 472 g/mol. The number of anilines is 1. The number of rotatable bonds is 4. The standard InChI is InChI=1S/C20H13IN2O4/c21-15-8-3-4-9-16(15)22(20(26)17-10-5-11-27-17)12-23-18(24)13-6-1-2-7-14(13)19(23)25/h1-11H,12H2. The second-order valence-electron chi connectivity index (χ2n) is 5.89. The zero-order chi connectivity index (χ0) is 19.0. The van der Waals surface area contributed by atoms with Gasteiger partial charge in [0.05, 0.1) is 23.1 Å². The van der Waals surface area contributed by atoms with Gasteiger partial charge >= 0.3 is 0 Å². The fourth-order valence-electron chi connectivity index (χ4n) is 2.96. The number of carbonyl (C=O) groups excluding carboxylic acids is 3. The summed E-state index contributed by atoms with van der Waals surface area (Å²) in [7, 11) is 0. The quantitative estimate of drug-likeness (QED) is 0.428. The van der Waals surface area contributed by atoms with Gasteiger partial charge in [0, 0.05) is 3.57 Å². The molecule has 2 aromatic carbocycles. The molecule has 1 aromatic heterocycles. The molecule has 0 aliphatic carbocycles. The summed E-state index contributed by atoms with van der Waals surface area (Å²) in [6.07, 6.45) is 1.41. The van der Waals surface area contributed by atoms with Crippen molar-refractivity contribution in [2.24, 2.45) is 0 Å². The highest BCUT2D eigenvalue weighted by Gasteiger charge is 2.37. The molecule has 0 unspecified atom stereocenters. The smallest absolute Gasteiger partial charge is 0.295 e. The van der Waals surface area contributed by atoms with E-state index in [1.807, 2.05) is 12.1 Å². The Balaban J connectivity index is 1.73. The van der Waals surface area contributed by atoms with Crippen molar-refractivity contribution in [2.75, 3.05) is 11.6 Å². The van der Waals surface area contributed by atoms with Gasteiger partial charge in [0.2, 0.25) is 0 Å². The Kier molecular flexibility index (Phi) is 4.53. The summed E-state index contributed by atoms with van der Waals surface area (Å²) >= 11 is 2.11. The molecule has 0 saturated carbocycles. The van der Waals surface area contributed by atoms with Gasteiger partial charge in [0.15, 0.2) is 5.76 Å². The van der Waals surface area contributed by atoms with E-state index < -0.39 is 17.7 Å². The van der Waals surface area contributed by atoms with E-state index in [0.717, 1.165) is 8.47 Å². The van der Waals surface area contributed by atoms with Crippen LogP contribution in [-0.4, -0.2) is 29.3 Å². The highest BCUT2D eigenvalue weighted by molar-refractivity contribution is 14.1. The third kappa shape index (κ3) is 3.03. The average Bonchev–Trinajstić information content (AvgIpc) is 3.30. The van der Waals surface area contributed by atoms with E-state index in [9.17, 15) is 14.4 Å². The minimum absolute atomic E-state index is 0.131. The van der Waals surface area contributed by atoms with Crippen LogP contribution in [0.3, 0.4) is 0 Å². The molecule has 1 aliphatic heterocycles. The van der Waals surface area contributed by atoms with E-state index >= 15 is 0 Å². The first-order chi connectivity index (χ1) is 13.1. The van der Waals surface area contributed by atoms with Crippen molar-refractivity contribution < 1.29 is 18.8 Å². The Morgan fingerprint density at radius 3 is 2.15 bits per heavy atom. The van der Waals surface area contributed by atoms with E-state index in [1.165, 1.54) is 11.2 Å². The van der Waals surface area contributed by atoms with Gasteiger partial charge < -0.3 is 4.42 Å². The number of amides is 3. The van der Waals surface area contributed by atoms with Gasteiger partial charge in [-0.25, -0.2) is 0 Å². The zero-order valence-electron chi connectivity index (χ0n) is 14.0. The number of benzene rings is 2. The Morgan fingerprint density at radius 1 is 0.926 bits per heavy atom. The van der Waals surface area contributed by atoms with Gasteiger partial charge in [-0.2, -0.15) is 0 Å². The lowest BCUT2D eigenvalue weighted by Crippen LogP contribution is -2.44. The number of fused-ring (bicyclic) bond motifs is 1. The molecule has 4 rings (SSSR count). The molecule has 0 bridgehead atoms. The molecule has 0 atom stereocenters. The summed E-state index contributed by atoms with van der Waals surface area (Å²) in [5.41, 5.74) is 1.28. The molecule has 3 amide bonds. The maximum absolute atomic E-state index is 13.0. The highest BCUT2D eigenvalue weighted by Crippen LogP contribution is 2.28. The molecular formula is C20H13IN2O4. The van der Waals surface area contributed by atoms with Crippen molar-refractivity contribution in [3.8, 4) is 0 Å². The van der Waals surface area contributed by atoms with Crippen LogP contribution >= 0.6 is 22.6 Å². The number of imide groups is 1. The molecular weight excluding hydrogens is 459 g/mol. The number of hydrogen-bond donors (Lipinski definition) is 0. The molecule has 27 heavy (non-hydrogen) atoms. The first-order valence-corrected chi connectivity index (χ1v) is 9.21. The second kappa shape index (κ2) is 6.99. The van der Waals surface area contributed by atoms with Crippen molar-refractivity contribution in [2.45, 2.75) is 0 Å². The van der Waals surface area contributed by atoms with Crippen molar-refractivity contribution in [3.63, 3.8) is 0 Å². The summed E-state index contributed by atoms with van der Waals surface area (Å²) in [6, 6.07) is 17.1. The predicted octanol–water partition coefficient (Wildman–Crippen LogP) is 3.78. The van der Waals surface area contributed by atoms with Crippen molar-refractivity contribution in [1.29, 1.82) is 0 Å². The van der Waals surface area contributed by atoms with E-state index in [4.69, 9.17) is 4.42 Å². The Bertz CT molecular complexity index is 1010. The van der Waals surface area contributed by atoms with Gasteiger partial charge in [-0.15, -0.1) is 0 Å². The van der Waals surface area contributed by atoms with Crippen LogP contribution in [0.15, 0.2) is 71.3 Å². The van der Waals surface area contributed by atoms with Gasteiger partial charge in [0.25, 0.3) is 17.7 Å². The lowest BCUT2D eigenvalue weighted by Gasteiger charge is -2.27. The zero-order valence-corrected chi connectivity index (χ0v) is 16.1. The van der Waals surface area contributed by atoms with E-state index in [-0.39, 0.29) is 12.4 Å². The van der Waals surface area contributed by atoms with Crippen LogP contribution in [0.5, 0.6) is 0 Å². The molecule has 1 aliphatic rings. The highest BCUT2D eigenvalue weighted by atomic mass is 127. The Morgan fingerprint density at radius 2 is 1.56 bits per heavy atom. The van der Waals surface area contributed by atoms with Crippen LogP contribution in [0.1, 0.15) is 31.3 Å². The van der Waals surface area contributed by atoms with Crippen molar-refractivity contribution in [3.05, 3.63) is 87.4 Å². The lowest BCUT2D eigenvalue weighted by atomic mass is 10.1. The van der Waals surface area contributed by atoms with Crippen molar-refractivity contribution >= 4 is 46.0 Å². The predicted molar refractivity (Wildman–Crippen MR) is 106 cm³/mol. The van der Waals surface area contributed by atoms with Gasteiger partial charge in [-0.3, -0.25) is 24.2 Å². The van der Waals surface area contributed by atoms with Crippen LogP contribution in [-0.2, 0) is 0 Å². The summed E-state index contributed by atoms with van der Waals surface area (Å²) < 4.78 is 6.05. The van der Waals surface area contributed by atoms with Crippen LogP contribution in [0, 0.1) is 3.57 Å². The van der Waals surface area contributed by atoms with Crippen LogP contribution in [0.4, 0.5) is 5.69 Å². The van der Waals surface area contributed by atoms with E-state index in [0.29, 0.717) is 16.8 Å². The summed E-state index contributed by atoms with van der Waals surface area (Å²) in [5, 5.41) is 0. The average molecular weight is 472 g/mol. The minimum atomic E-state index is -0.430. The van der Waals surface area contributed by atoms with Crippen molar-refractivity contribution in [1.82, 2.24) is 4.90 Å². The molecule has 2 heterocycles. The van der Waals surface area contributed by atoms with Crippen LogP contribution in [0.2, 0.25) is 0 Å². The molecule has 7 heteroatoms. The first-order valence-electron chi connectivity index (χ1n) is 8.13. The number of para-hydroxylation sites is 1. The number of nitrogens with zero attached hydrogens (tertiary/aromatic N) is 2. The van der Waals surface area contributed by atoms with Crippen LogP contribution < -0.4 is 4.90 Å². The maximum atomic E-state index is 13.0. The molecule has 0 radical (unpaired) electrons. The first kappa shape index (κ1) is 17.5. The van der Waals surface area contributed by atoms with E-state index in [1.54, 1.807) is 48.5 Å². The fourth-order valence-corrected chi connectivity index (χ4v) is 3.64. The third-order valence-corrected chi connectivity index (χ3v) is 5.19. The summed E-state index contributed by atoms with van der Waals surface area (Å²) in [5.74, 6) is -1.13. The largest absolute Gasteiger partial charge is 0.459 e. The van der Waals surface area contributed by atoms with Gasteiger partial charge in [-0.05, 0) is 59.0 Å². The fraction of sp³-hybridized carbons (Fsp3) is 0.0500. The second-order valence-corrected chi connectivity index (χ2v) is 7.05. The normalized spacial score (nSPS) is 13.0. The number of halogens is 1. The van der Waals surface area contributed by atoms with Gasteiger partial charge in [-0.1, -0.05) is 24.3 Å². The molecule has 0 fully saturated rings. The summed E-state index contributed by atoms with van der Waals surface area (Å²) in [6.45, 7) is -0.202. The molecule has 3 aromatic rings. The Labute approximate surface area is 168 Å². The molecule has 0 saturated heterocycles. The molecule has 6 nitrogen and oxygen atoms in total. The summed E-state index contributed by atoms with van der Waals surface area (Å²) in [4.78, 5) is 40.9. The third-order valence-electron chi connectivity index (χ3n) is 4.28.